The third-order valence-corrected chi connectivity index (χ3v) is 11.9. The van der Waals surface area contributed by atoms with E-state index in [9.17, 15) is 19.5 Å². The summed E-state index contributed by atoms with van der Waals surface area (Å²) in [5.74, 6) is 0.255. The van der Waals surface area contributed by atoms with E-state index in [0.717, 1.165) is 31.3 Å². The summed E-state index contributed by atoms with van der Waals surface area (Å²) < 4.78 is 17.9. The topological polar surface area (TPSA) is 102 Å². The van der Waals surface area contributed by atoms with Crippen LogP contribution in [0.25, 0.3) is 0 Å². The summed E-state index contributed by atoms with van der Waals surface area (Å²) in [6.07, 6.45) is 6.38. The van der Waals surface area contributed by atoms with Gasteiger partial charge < -0.3 is 19.3 Å². The molecule has 12 atom stereocenters. The average molecular weight is 513 g/mol. The van der Waals surface area contributed by atoms with Crippen molar-refractivity contribution in [3.63, 3.8) is 0 Å². The Hall–Kier alpha value is -1.99. The third-order valence-electron chi connectivity index (χ3n) is 11.9. The highest BCUT2D eigenvalue weighted by molar-refractivity contribution is 5.97. The number of allylic oxidation sites excluding steroid dienone is 1. The van der Waals surface area contributed by atoms with E-state index in [2.05, 4.69) is 13.8 Å². The van der Waals surface area contributed by atoms with Gasteiger partial charge in [-0.1, -0.05) is 19.9 Å². The first-order valence-corrected chi connectivity index (χ1v) is 14.0. The standard InChI is InChI=1S/C30H40O7/c1-14-15(2)27(33)37-24(23(14)35-17(4)31)16(3)18-9-10-19-22-20(11-13-28(18,19)5)29(6)21(32)8-7-12-30(29,34)26-25(22)36-26/h7-8,16,18-20,22-26,34H,9-13H2,1-6H3/t16-,18+,19-,20+,22-,23-,24-,25-,26-,28+,29-,30-/m0/s1. The molecule has 37 heavy (non-hydrogen) atoms. The molecule has 7 nitrogen and oxygen atoms in total. The number of hydrogen-bond donors (Lipinski definition) is 1. The van der Waals surface area contributed by atoms with Gasteiger partial charge in [-0.05, 0) is 93.6 Å². The van der Waals surface area contributed by atoms with Gasteiger partial charge in [0.2, 0.25) is 0 Å². The maximum atomic E-state index is 13.3. The fraction of sp³-hybridized carbons (Fsp3) is 0.767. The second-order valence-corrected chi connectivity index (χ2v) is 13.2. The van der Waals surface area contributed by atoms with Gasteiger partial charge in [0.05, 0.1) is 11.5 Å². The van der Waals surface area contributed by atoms with Crippen molar-refractivity contribution < 1.29 is 33.7 Å². The van der Waals surface area contributed by atoms with E-state index in [1.807, 2.05) is 19.9 Å². The predicted octanol–water partition coefficient (Wildman–Crippen LogP) is 3.92. The number of ether oxygens (including phenoxy) is 3. The Morgan fingerprint density at radius 3 is 2.59 bits per heavy atom. The maximum Gasteiger partial charge on any atom is 0.334 e. The fourth-order valence-corrected chi connectivity index (χ4v) is 9.73. The van der Waals surface area contributed by atoms with Crippen LogP contribution in [0.15, 0.2) is 23.3 Å². The molecule has 0 aromatic heterocycles. The normalized spacial score (nSPS) is 50.9. The molecule has 0 aromatic rings. The van der Waals surface area contributed by atoms with Crippen LogP contribution in [0.2, 0.25) is 0 Å². The zero-order chi connectivity index (χ0) is 26.7. The zero-order valence-corrected chi connectivity index (χ0v) is 22.8. The number of hydrogen-bond acceptors (Lipinski definition) is 7. The van der Waals surface area contributed by atoms with Crippen LogP contribution in [-0.4, -0.2) is 52.8 Å². The van der Waals surface area contributed by atoms with Crippen molar-refractivity contribution in [2.45, 2.75) is 104 Å². The van der Waals surface area contributed by atoms with E-state index in [0.29, 0.717) is 17.9 Å². The molecular formula is C30H40O7. The Morgan fingerprint density at radius 2 is 1.89 bits per heavy atom. The first kappa shape index (κ1) is 25.3. The van der Waals surface area contributed by atoms with Gasteiger partial charge in [-0.25, -0.2) is 4.79 Å². The minimum absolute atomic E-state index is 0.00446. The molecule has 2 heterocycles. The lowest BCUT2D eigenvalue weighted by Crippen LogP contribution is -2.67. The minimum Gasteiger partial charge on any atom is -0.454 e. The molecule has 6 aliphatic rings. The molecule has 6 rings (SSSR count). The molecule has 0 unspecified atom stereocenters. The molecule has 202 valence electrons. The molecule has 0 amide bonds. The average Bonchev–Trinajstić information content (AvgIpc) is 3.57. The van der Waals surface area contributed by atoms with Crippen molar-refractivity contribution in [1.82, 2.24) is 0 Å². The molecule has 0 radical (unpaired) electrons. The van der Waals surface area contributed by atoms with Crippen LogP contribution in [0.3, 0.4) is 0 Å². The summed E-state index contributed by atoms with van der Waals surface area (Å²) in [6, 6.07) is 0. The predicted molar refractivity (Wildman–Crippen MR) is 134 cm³/mol. The van der Waals surface area contributed by atoms with E-state index < -0.39 is 23.2 Å². The van der Waals surface area contributed by atoms with Gasteiger partial charge in [0, 0.05) is 18.4 Å². The van der Waals surface area contributed by atoms with Gasteiger partial charge in [-0.15, -0.1) is 0 Å². The lowest BCUT2D eigenvalue weighted by atomic mass is 9.43. The minimum atomic E-state index is -1.13. The Bertz CT molecular complexity index is 1120. The number of rotatable bonds is 3. The summed E-state index contributed by atoms with van der Waals surface area (Å²) in [5.41, 5.74) is -0.693. The Labute approximate surface area is 219 Å². The van der Waals surface area contributed by atoms with E-state index in [-0.39, 0.29) is 59.0 Å². The smallest absolute Gasteiger partial charge is 0.334 e. The van der Waals surface area contributed by atoms with Crippen LogP contribution in [-0.2, 0) is 28.6 Å². The number of fused-ring (bicyclic) bond motifs is 8. The van der Waals surface area contributed by atoms with E-state index >= 15 is 0 Å². The quantitative estimate of drug-likeness (QED) is 0.452. The molecule has 1 N–H and O–H groups in total. The highest BCUT2D eigenvalue weighted by Gasteiger charge is 2.77. The number of epoxide rings is 1. The molecule has 1 saturated heterocycles. The Balaban J connectivity index is 1.31. The van der Waals surface area contributed by atoms with Crippen LogP contribution in [0.1, 0.15) is 73.6 Å². The molecule has 4 aliphatic carbocycles. The molecular weight excluding hydrogens is 472 g/mol. The maximum absolute atomic E-state index is 13.3. The number of carbonyl (C=O) groups is 3. The monoisotopic (exact) mass is 512 g/mol. The Morgan fingerprint density at radius 1 is 1.16 bits per heavy atom. The number of aliphatic hydroxyl groups is 1. The van der Waals surface area contributed by atoms with Gasteiger partial charge >= 0.3 is 11.9 Å². The first-order valence-electron chi connectivity index (χ1n) is 14.0. The molecule has 4 fully saturated rings. The van der Waals surface area contributed by atoms with Crippen molar-refractivity contribution in [2.75, 3.05) is 0 Å². The van der Waals surface area contributed by atoms with E-state index in [1.165, 1.54) is 6.92 Å². The molecule has 3 saturated carbocycles. The van der Waals surface area contributed by atoms with Crippen molar-refractivity contribution in [2.24, 2.45) is 40.4 Å². The van der Waals surface area contributed by atoms with E-state index in [4.69, 9.17) is 14.2 Å². The zero-order valence-electron chi connectivity index (χ0n) is 22.8. The lowest BCUT2D eigenvalue weighted by Gasteiger charge is -2.60. The second-order valence-electron chi connectivity index (χ2n) is 13.2. The van der Waals surface area contributed by atoms with Crippen LogP contribution in [0.4, 0.5) is 0 Å². The summed E-state index contributed by atoms with van der Waals surface area (Å²) >= 11 is 0. The second kappa shape index (κ2) is 8.01. The van der Waals surface area contributed by atoms with Crippen molar-refractivity contribution in [3.05, 3.63) is 23.3 Å². The van der Waals surface area contributed by atoms with Crippen LogP contribution >= 0.6 is 0 Å². The van der Waals surface area contributed by atoms with Gasteiger partial charge in [-0.3, -0.25) is 9.59 Å². The molecule has 0 spiro atoms. The van der Waals surface area contributed by atoms with Gasteiger partial charge in [-0.2, -0.15) is 0 Å². The Kier molecular flexibility index (Phi) is 5.48. The molecule has 2 aliphatic heterocycles. The van der Waals surface area contributed by atoms with E-state index in [1.54, 1.807) is 13.0 Å². The number of esters is 2. The fourth-order valence-electron chi connectivity index (χ4n) is 9.73. The number of ketones is 1. The van der Waals surface area contributed by atoms with Crippen molar-refractivity contribution in [3.8, 4) is 0 Å². The van der Waals surface area contributed by atoms with Crippen LogP contribution < -0.4 is 0 Å². The summed E-state index contributed by atoms with van der Waals surface area (Å²) in [6.45, 7) is 11.5. The third kappa shape index (κ3) is 3.16. The van der Waals surface area contributed by atoms with Gasteiger partial charge in [0.1, 0.15) is 17.8 Å². The SMILES string of the molecule is CC(=O)O[C@H]1C(C)=C(C)C(=O)O[C@H]1[C@@H](C)[C@H]1CC[C@H]2[C@@H]3[C@@H]4O[C@@H]4[C@@]4(O)CC=CC(=O)[C@]4(C)[C@@H]3CC[C@]12C. The molecule has 7 heteroatoms. The highest BCUT2D eigenvalue weighted by Crippen LogP contribution is 2.71. The molecule has 0 bridgehead atoms. The van der Waals surface area contributed by atoms with Crippen molar-refractivity contribution >= 4 is 17.7 Å². The van der Waals surface area contributed by atoms with Gasteiger partial charge in [0.15, 0.2) is 11.9 Å². The van der Waals surface area contributed by atoms with Crippen LogP contribution in [0.5, 0.6) is 0 Å². The summed E-state index contributed by atoms with van der Waals surface area (Å²) in [7, 11) is 0. The number of cyclic esters (lactones) is 1. The van der Waals surface area contributed by atoms with Crippen LogP contribution in [0, 0.1) is 40.4 Å². The lowest BCUT2D eigenvalue weighted by molar-refractivity contribution is -0.185. The van der Waals surface area contributed by atoms with Crippen molar-refractivity contribution in [1.29, 1.82) is 0 Å². The molecule has 0 aromatic carbocycles. The summed E-state index contributed by atoms with van der Waals surface area (Å²) in [5, 5.41) is 11.8. The summed E-state index contributed by atoms with van der Waals surface area (Å²) in [4.78, 5) is 38.0. The highest BCUT2D eigenvalue weighted by atomic mass is 16.6. The number of carbonyl (C=O) groups excluding carboxylic acids is 3. The van der Waals surface area contributed by atoms with Gasteiger partial charge in [0.25, 0.3) is 0 Å². The first-order chi connectivity index (χ1) is 17.4. The largest absolute Gasteiger partial charge is 0.454 e.